The monoisotopic (exact) mass is 446 g/mol. The van der Waals surface area contributed by atoms with Crippen molar-refractivity contribution in [3.05, 3.63) is 76.5 Å². The second kappa shape index (κ2) is 9.94. The summed E-state index contributed by atoms with van der Waals surface area (Å²) in [7, 11) is 0. The maximum atomic E-state index is 12.7. The van der Waals surface area contributed by atoms with E-state index in [1.165, 1.54) is 12.1 Å². The predicted octanol–water partition coefficient (Wildman–Crippen LogP) is 6.61. The first-order valence-electron chi connectivity index (χ1n) is 10.3. The molecule has 0 atom stereocenters. The quantitative estimate of drug-likeness (QED) is 0.376. The minimum absolute atomic E-state index is 0.0968. The highest BCUT2D eigenvalue weighted by Gasteiger charge is 2.30. The van der Waals surface area contributed by atoms with Gasteiger partial charge in [-0.2, -0.15) is 13.2 Å². The van der Waals surface area contributed by atoms with E-state index in [9.17, 15) is 18.0 Å². The van der Waals surface area contributed by atoms with Crippen LogP contribution in [0.4, 0.5) is 13.2 Å². The lowest BCUT2D eigenvalue weighted by Crippen LogP contribution is -2.03. The number of aliphatic carboxylic acids is 1. The van der Waals surface area contributed by atoms with Gasteiger partial charge in [-0.15, -0.1) is 0 Å². The number of aryl methyl sites for hydroxylation is 4. The Kier molecular flexibility index (Phi) is 7.28. The average Bonchev–Trinajstić information content (AvgIpc) is 3.10. The van der Waals surface area contributed by atoms with E-state index in [0.29, 0.717) is 30.8 Å². The molecule has 0 amide bonds. The Balaban J connectivity index is 1.53. The van der Waals surface area contributed by atoms with Crippen LogP contribution in [0.25, 0.3) is 11.3 Å². The zero-order chi connectivity index (χ0) is 23.3. The van der Waals surface area contributed by atoms with Crippen molar-refractivity contribution in [1.29, 1.82) is 0 Å². The van der Waals surface area contributed by atoms with Gasteiger partial charge in [0.05, 0.1) is 12.2 Å². The average molecular weight is 446 g/mol. The predicted molar refractivity (Wildman–Crippen MR) is 115 cm³/mol. The summed E-state index contributed by atoms with van der Waals surface area (Å²) >= 11 is 0. The van der Waals surface area contributed by atoms with Gasteiger partial charge in [-0.1, -0.05) is 18.2 Å². The van der Waals surface area contributed by atoms with E-state index in [0.717, 1.165) is 46.8 Å². The first-order chi connectivity index (χ1) is 15.1. The summed E-state index contributed by atoms with van der Waals surface area (Å²) in [5.41, 5.74) is 2.89. The van der Waals surface area contributed by atoms with Crippen LogP contribution in [0.3, 0.4) is 0 Å². The molecular weight excluding hydrogens is 421 g/mol. The molecule has 0 radical (unpaired) electrons. The molecule has 1 heterocycles. The van der Waals surface area contributed by atoms with Gasteiger partial charge in [0.1, 0.15) is 17.3 Å². The molecule has 0 fully saturated rings. The fourth-order valence-corrected chi connectivity index (χ4v) is 3.47. The van der Waals surface area contributed by atoms with Crippen molar-refractivity contribution in [3.63, 3.8) is 0 Å². The van der Waals surface area contributed by atoms with Gasteiger partial charge in [0.2, 0.25) is 0 Å². The summed E-state index contributed by atoms with van der Waals surface area (Å²) in [6.07, 6.45) is -2.32. The van der Waals surface area contributed by atoms with Crippen molar-refractivity contribution in [3.8, 4) is 17.1 Å². The molecule has 0 saturated carbocycles. The van der Waals surface area contributed by atoms with Gasteiger partial charge in [-0.05, 0) is 80.1 Å². The largest absolute Gasteiger partial charge is 0.494 e. The van der Waals surface area contributed by atoms with E-state index in [1.54, 1.807) is 0 Å². The molecule has 4 nitrogen and oxygen atoms in total. The van der Waals surface area contributed by atoms with E-state index >= 15 is 0 Å². The Bertz CT molecular complexity index is 1070. The van der Waals surface area contributed by atoms with Gasteiger partial charge in [0.15, 0.2) is 0 Å². The van der Waals surface area contributed by atoms with Crippen molar-refractivity contribution in [2.75, 3.05) is 6.61 Å². The molecule has 170 valence electrons. The highest BCUT2D eigenvalue weighted by atomic mass is 19.4. The number of hydrogen-bond acceptors (Lipinski definition) is 3. The van der Waals surface area contributed by atoms with Crippen molar-refractivity contribution >= 4 is 5.97 Å². The number of halogens is 3. The second-order valence-electron chi connectivity index (χ2n) is 7.70. The Morgan fingerprint density at radius 2 is 1.72 bits per heavy atom. The van der Waals surface area contributed by atoms with Crippen LogP contribution in [-0.4, -0.2) is 17.7 Å². The second-order valence-corrected chi connectivity index (χ2v) is 7.70. The number of carboxylic acid groups (broad SMARTS) is 1. The molecule has 0 aliphatic carbocycles. The molecule has 0 aliphatic rings. The van der Waals surface area contributed by atoms with E-state index in [2.05, 4.69) is 0 Å². The summed E-state index contributed by atoms with van der Waals surface area (Å²) < 4.78 is 49.8. The summed E-state index contributed by atoms with van der Waals surface area (Å²) in [5.74, 6) is 1.19. The fourth-order valence-electron chi connectivity index (χ4n) is 3.47. The van der Waals surface area contributed by atoms with Crippen LogP contribution in [0.5, 0.6) is 5.75 Å². The van der Waals surface area contributed by atoms with Crippen LogP contribution in [0.2, 0.25) is 0 Å². The van der Waals surface area contributed by atoms with Crippen LogP contribution in [0.15, 0.2) is 52.9 Å². The SMILES string of the molecule is Cc1cc(OCCCc2cc(-c3ccc(C(F)(F)F)cc3)oc2C)ccc1CCC(=O)O. The molecule has 3 rings (SSSR count). The number of hydrogen-bond donors (Lipinski definition) is 1. The van der Waals surface area contributed by atoms with E-state index < -0.39 is 17.7 Å². The molecule has 0 spiro atoms. The lowest BCUT2D eigenvalue weighted by Gasteiger charge is -2.10. The lowest BCUT2D eigenvalue weighted by atomic mass is 10.0. The third-order valence-electron chi connectivity index (χ3n) is 5.30. The maximum absolute atomic E-state index is 12.7. The topological polar surface area (TPSA) is 59.7 Å². The van der Waals surface area contributed by atoms with E-state index in [-0.39, 0.29) is 6.42 Å². The lowest BCUT2D eigenvalue weighted by molar-refractivity contribution is -0.138. The first-order valence-corrected chi connectivity index (χ1v) is 10.3. The highest BCUT2D eigenvalue weighted by Crippen LogP contribution is 2.32. The number of carboxylic acids is 1. The molecule has 1 N–H and O–H groups in total. The van der Waals surface area contributed by atoms with E-state index in [4.69, 9.17) is 14.3 Å². The van der Waals surface area contributed by atoms with Crippen molar-refractivity contribution in [1.82, 2.24) is 0 Å². The number of alkyl halides is 3. The fraction of sp³-hybridized carbons (Fsp3) is 0.320. The summed E-state index contributed by atoms with van der Waals surface area (Å²) in [5, 5.41) is 8.81. The normalized spacial score (nSPS) is 11.5. The minimum atomic E-state index is -4.36. The molecule has 0 bridgehead atoms. The Morgan fingerprint density at radius 3 is 2.34 bits per heavy atom. The van der Waals surface area contributed by atoms with Gasteiger partial charge in [0, 0.05) is 12.0 Å². The van der Waals surface area contributed by atoms with Gasteiger partial charge in [-0.3, -0.25) is 4.79 Å². The molecule has 7 heteroatoms. The first kappa shape index (κ1) is 23.4. The van der Waals surface area contributed by atoms with Crippen LogP contribution < -0.4 is 4.74 Å². The van der Waals surface area contributed by atoms with Crippen molar-refractivity contribution in [2.24, 2.45) is 0 Å². The summed E-state index contributed by atoms with van der Waals surface area (Å²) in [4.78, 5) is 10.7. The van der Waals surface area contributed by atoms with E-state index in [1.807, 2.05) is 38.1 Å². The zero-order valence-corrected chi connectivity index (χ0v) is 18.0. The Morgan fingerprint density at radius 1 is 1.00 bits per heavy atom. The number of ether oxygens (including phenoxy) is 1. The zero-order valence-electron chi connectivity index (χ0n) is 18.0. The molecule has 32 heavy (non-hydrogen) atoms. The van der Waals surface area contributed by atoms with Crippen LogP contribution in [0, 0.1) is 13.8 Å². The van der Waals surface area contributed by atoms with Crippen LogP contribution >= 0.6 is 0 Å². The molecule has 3 aromatic rings. The van der Waals surface area contributed by atoms with Gasteiger partial charge < -0.3 is 14.3 Å². The third-order valence-corrected chi connectivity index (χ3v) is 5.30. The summed E-state index contributed by atoms with van der Waals surface area (Å²) in [6, 6.07) is 12.4. The highest BCUT2D eigenvalue weighted by molar-refractivity contribution is 5.67. The molecule has 0 aliphatic heterocycles. The Labute approximate surface area is 184 Å². The number of benzene rings is 2. The van der Waals surface area contributed by atoms with Crippen LogP contribution in [-0.2, 0) is 23.8 Å². The maximum Gasteiger partial charge on any atom is 0.416 e. The van der Waals surface area contributed by atoms with Gasteiger partial charge in [-0.25, -0.2) is 0 Å². The molecular formula is C25H25F3O4. The molecule has 0 unspecified atom stereocenters. The number of furan rings is 1. The molecule has 2 aromatic carbocycles. The number of rotatable bonds is 9. The standard InChI is InChI=1S/C25H25F3O4/c1-16-14-22(11-7-18(16)8-12-24(29)30)31-13-3-4-20-15-23(32-17(20)2)19-5-9-21(10-6-19)25(26,27)28/h5-7,9-11,14-15H,3-4,8,12-13H2,1-2H3,(H,29,30). The summed E-state index contributed by atoms with van der Waals surface area (Å²) in [6.45, 7) is 4.26. The van der Waals surface area contributed by atoms with Crippen molar-refractivity contribution < 1.29 is 32.2 Å². The molecule has 1 aromatic heterocycles. The molecule has 0 saturated heterocycles. The number of carbonyl (C=O) groups is 1. The smallest absolute Gasteiger partial charge is 0.416 e. The third kappa shape index (κ3) is 6.15. The van der Waals surface area contributed by atoms with Gasteiger partial charge >= 0.3 is 12.1 Å². The van der Waals surface area contributed by atoms with Crippen molar-refractivity contribution in [2.45, 2.75) is 45.7 Å². The Hall–Kier alpha value is -3.22. The minimum Gasteiger partial charge on any atom is -0.494 e. The van der Waals surface area contributed by atoms with Gasteiger partial charge in [0.25, 0.3) is 0 Å². The van der Waals surface area contributed by atoms with Crippen LogP contribution in [0.1, 0.15) is 40.9 Å².